The van der Waals surface area contributed by atoms with Gasteiger partial charge in [-0.2, -0.15) is 18.4 Å². The largest absolute Gasteiger partial charge is 0.419 e. The van der Waals surface area contributed by atoms with Gasteiger partial charge in [0, 0.05) is 4.88 Å². The minimum absolute atomic E-state index is 0.151. The Labute approximate surface area is 75.9 Å². The first-order valence-corrected chi connectivity index (χ1v) is 4.01. The zero-order chi connectivity index (χ0) is 10.1. The van der Waals surface area contributed by atoms with E-state index in [4.69, 9.17) is 10.4 Å². The van der Waals surface area contributed by atoms with Crippen LogP contribution in [0.1, 0.15) is 15.9 Å². The van der Waals surface area contributed by atoms with E-state index in [1.54, 1.807) is 6.07 Å². The Morgan fingerprint density at radius 3 is 2.46 bits per heavy atom. The van der Waals surface area contributed by atoms with E-state index in [0.717, 1.165) is 6.07 Å². The lowest BCUT2D eigenvalue weighted by Gasteiger charge is -2.11. The van der Waals surface area contributed by atoms with Crippen LogP contribution in [0.3, 0.4) is 0 Å². The fraction of sp³-hybridized carbons (Fsp3) is 0.286. The van der Waals surface area contributed by atoms with Crippen molar-refractivity contribution in [3.05, 3.63) is 21.9 Å². The van der Waals surface area contributed by atoms with E-state index < -0.39 is 12.3 Å². The van der Waals surface area contributed by atoms with Crippen LogP contribution in [-0.4, -0.2) is 11.3 Å². The third-order valence-corrected chi connectivity index (χ3v) is 2.36. The van der Waals surface area contributed by atoms with E-state index in [1.165, 1.54) is 6.07 Å². The molecule has 70 valence electrons. The van der Waals surface area contributed by atoms with Gasteiger partial charge in [-0.3, -0.25) is 0 Å². The Kier molecular flexibility index (Phi) is 2.59. The van der Waals surface area contributed by atoms with Crippen molar-refractivity contribution in [3.63, 3.8) is 0 Å². The van der Waals surface area contributed by atoms with E-state index in [0.29, 0.717) is 11.3 Å². The molecule has 0 saturated carbocycles. The molecule has 0 bridgehead atoms. The third-order valence-electron chi connectivity index (χ3n) is 1.32. The number of hydrogen-bond donors (Lipinski definition) is 1. The number of nitriles is 1. The van der Waals surface area contributed by atoms with Crippen molar-refractivity contribution in [1.82, 2.24) is 0 Å². The van der Waals surface area contributed by atoms with Gasteiger partial charge in [-0.15, -0.1) is 11.3 Å². The summed E-state index contributed by atoms with van der Waals surface area (Å²) in [5.74, 6) is 0. The number of aliphatic hydroxyl groups is 1. The lowest BCUT2D eigenvalue weighted by Crippen LogP contribution is -2.18. The molecule has 1 unspecified atom stereocenters. The summed E-state index contributed by atoms with van der Waals surface area (Å²) in [7, 11) is 0. The first kappa shape index (κ1) is 10.0. The Balaban J connectivity index is 2.91. The number of alkyl halides is 3. The molecular weight excluding hydrogens is 203 g/mol. The van der Waals surface area contributed by atoms with Gasteiger partial charge in [-0.25, -0.2) is 0 Å². The van der Waals surface area contributed by atoms with E-state index in [2.05, 4.69) is 0 Å². The highest BCUT2D eigenvalue weighted by atomic mass is 32.1. The molecule has 0 aliphatic carbocycles. The molecule has 0 spiro atoms. The fourth-order valence-corrected chi connectivity index (χ4v) is 1.54. The highest BCUT2D eigenvalue weighted by molar-refractivity contribution is 7.12. The summed E-state index contributed by atoms with van der Waals surface area (Å²) >= 11 is 0.637. The summed E-state index contributed by atoms with van der Waals surface area (Å²) in [6.45, 7) is 0. The highest BCUT2D eigenvalue weighted by Crippen LogP contribution is 2.35. The summed E-state index contributed by atoms with van der Waals surface area (Å²) in [6, 6.07) is 4.04. The molecule has 1 heterocycles. The van der Waals surface area contributed by atoms with Gasteiger partial charge in [-0.1, -0.05) is 0 Å². The van der Waals surface area contributed by atoms with Crippen molar-refractivity contribution in [2.24, 2.45) is 0 Å². The molecule has 0 amide bonds. The van der Waals surface area contributed by atoms with Gasteiger partial charge in [0.2, 0.25) is 0 Å². The molecule has 0 aromatic carbocycles. The average Bonchev–Trinajstić information content (AvgIpc) is 2.48. The normalized spacial score (nSPS) is 13.8. The maximum atomic E-state index is 11.9. The smallest absolute Gasteiger partial charge is 0.379 e. The van der Waals surface area contributed by atoms with Crippen LogP contribution in [0.4, 0.5) is 13.2 Å². The van der Waals surface area contributed by atoms with Gasteiger partial charge in [0.25, 0.3) is 0 Å². The molecular formula is C7H4F3NOS. The zero-order valence-corrected chi connectivity index (χ0v) is 6.99. The van der Waals surface area contributed by atoms with Crippen molar-refractivity contribution in [2.75, 3.05) is 0 Å². The molecule has 0 radical (unpaired) electrons. The van der Waals surface area contributed by atoms with E-state index in [1.807, 2.05) is 0 Å². The van der Waals surface area contributed by atoms with Crippen molar-refractivity contribution in [1.29, 1.82) is 5.26 Å². The first-order valence-electron chi connectivity index (χ1n) is 3.20. The molecule has 6 heteroatoms. The van der Waals surface area contributed by atoms with Gasteiger partial charge in [0.1, 0.15) is 10.9 Å². The lowest BCUT2D eigenvalue weighted by atomic mass is 10.3. The van der Waals surface area contributed by atoms with E-state index >= 15 is 0 Å². The van der Waals surface area contributed by atoms with Crippen molar-refractivity contribution in [2.45, 2.75) is 12.3 Å². The van der Waals surface area contributed by atoms with Gasteiger partial charge in [-0.05, 0) is 12.1 Å². The van der Waals surface area contributed by atoms with Crippen LogP contribution in [0.25, 0.3) is 0 Å². The third kappa shape index (κ3) is 2.20. The van der Waals surface area contributed by atoms with E-state index in [9.17, 15) is 13.2 Å². The fourth-order valence-electron chi connectivity index (χ4n) is 0.721. The quantitative estimate of drug-likeness (QED) is 0.767. The molecule has 1 aromatic rings. The van der Waals surface area contributed by atoms with Crippen LogP contribution in [0.2, 0.25) is 0 Å². The van der Waals surface area contributed by atoms with Gasteiger partial charge in [0.15, 0.2) is 6.10 Å². The van der Waals surface area contributed by atoms with Gasteiger partial charge < -0.3 is 5.11 Å². The van der Waals surface area contributed by atoms with Crippen LogP contribution < -0.4 is 0 Å². The number of aliphatic hydroxyl groups excluding tert-OH is 1. The summed E-state index contributed by atoms with van der Waals surface area (Å²) in [5.41, 5.74) is 0. The molecule has 0 aliphatic heterocycles. The molecule has 0 aliphatic rings. The number of nitrogens with zero attached hydrogens (tertiary/aromatic N) is 1. The lowest BCUT2D eigenvalue weighted by molar-refractivity contribution is -0.205. The maximum absolute atomic E-state index is 11.9. The summed E-state index contributed by atoms with van der Waals surface area (Å²) in [4.78, 5) is -0.109. The van der Waals surface area contributed by atoms with Crippen LogP contribution in [0, 0.1) is 11.3 Å². The minimum Gasteiger partial charge on any atom is -0.379 e. The van der Waals surface area contributed by atoms with Crippen molar-refractivity contribution < 1.29 is 18.3 Å². The highest BCUT2D eigenvalue weighted by Gasteiger charge is 2.40. The molecule has 1 aromatic heterocycles. The Morgan fingerprint density at radius 2 is 2.08 bits per heavy atom. The van der Waals surface area contributed by atoms with E-state index in [-0.39, 0.29) is 9.75 Å². The average molecular weight is 207 g/mol. The summed E-state index contributed by atoms with van der Waals surface area (Å²) in [5, 5.41) is 17.1. The molecule has 0 saturated heterocycles. The van der Waals surface area contributed by atoms with Gasteiger partial charge in [0.05, 0.1) is 0 Å². The molecule has 2 nitrogen and oxygen atoms in total. The predicted molar refractivity (Wildman–Crippen MR) is 40.0 cm³/mol. The second-order valence-electron chi connectivity index (χ2n) is 2.26. The van der Waals surface area contributed by atoms with Crippen molar-refractivity contribution in [3.8, 4) is 6.07 Å². The standard InChI is InChI=1S/C7H4F3NOS/c8-7(9,10)6(12)5-2-1-4(3-11)13-5/h1-2,6,12H. The Bertz CT molecular complexity index is 338. The summed E-state index contributed by atoms with van der Waals surface area (Å²) in [6.07, 6.45) is -7.16. The minimum atomic E-state index is -4.67. The maximum Gasteiger partial charge on any atom is 0.419 e. The van der Waals surface area contributed by atoms with Crippen LogP contribution >= 0.6 is 11.3 Å². The topological polar surface area (TPSA) is 44.0 Å². The zero-order valence-electron chi connectivity index (χ0n) is 6.17. The molecule has 1 N–H and O–H groups in total. The second-order valence-corrected chi connectivity index (χ2v) is 3.37. The number of halogens is 3. The molecule has 13 heavy (non-hydrogen) atoms. The van der Waals surface area contributed by atoms with Crippen molar-refractivity contribution >= 4 is 11.3 Å². The SMILES string of the molecule is N#Cc1ccc(C(O)C(F)(F)F)s1. The number of hydrogen-bond acceptors (Lipinski definition) is 3. The molecule has 1 atom stereocenters. The first-order chi connectivity index (χ1) is 5.95. The van der Waals surface area contributed by atoms with Crippen LogP contribution in [-0.2, 0) is 0 Å². The summed E-state index contributed by atoms with van der Waals surface area (Å²) < 4.78 is 35.8. The molecule has 0 fully saturated rings. The monoisotopic (exact) mass is 207 g/mol. The Morgan fingerprint density at radius 1 is 1.46 bits per heavy atom. The van der Waals surface area contributed by atoms with Gasteiger partial charge >= 0.3 is 6.18 Å². The second kappa shape index (κ2) is 3.36. The Hall–Kier alpha value is -1.06. The number of rotatable bonds is 1. The van der Waals surface area contributed by atoms with Crippen LogP contribution in [0.5, 0.6) is 0 Å². The van der Waals surface area contributed by atoms with Crippen LogP contribution in [0.15, 0.2) is 12.1 Å². The molecule has 1 rings (SSSR count). The predicted octanol–water partition coefficient (Wildman–Crippen LogP) is 2.22. The number of thiophene rings is 1.